The average molecular weight is 236 g/mol. The average Bonchev–Trinajstić information content (AvgIpc) is 3.03. The van der Waals surface area contributed by atoms with Crippen molar-refractivity contribution in [3.63, 3.8) is 0 Å². The lowest BCUT2D eigenvalue weighted by atomic mass is 9.88. The lowest BCUT2D eigenvalue weighted by Crippen LogP contribution is -2.39. The fourth-order valence-corrected chi connectivity index (χ4v) is 4.01. The van der Waals surface area contributed by atoms with E-state index in [0.717, 1.165) is 25.4 Å². The number of fused-ring (bicyclic) bond motifs is 2. The molecule has 1 N–H and O–H groups in total. The van der Waals surface area contributed by atoms with Gasteiger partial charge in [0.1, 0.15) is 0 Å². The highest BCUT2D eigenvalue weighted by atomic mass is 16.2. The molecule has 2 bridgehead atoms. The number of hydrogen-bond donors (Lipinski definition) is 1. The van der Waals surface area contributed by atoms with Gasteiger partial charge < -0.3 is 10.2 Å². The minimum Gasteiger partial charge on any atom is -0.342 e. The molecule has 0 aromatic heterocycles. The highest BCUT2D eigenvalue weighted by molar-refractivity contribution is 5.80. The molecule has 0 spiro atoms. The second kappa shape index (κ2) is 4.60. The number of likely N-dealkylation sites (tertiary alicyclic amines) is 1. The Morgan fingerprint density at radius 1 is 1.35 bits per heavy atom. The predicted molar refractivity (Wildman–Crippen MR) is 67.6 cm³/mol. The molecule has 1 amide bonds. The summed E-state index contributed by atoms with van der Waals surface area (Å²) in [6.07, 6.45) is 7.37. The van der Waals surface area contributed by atoms with Gasteiger partial charge in [-0.05, 0) is 38.0 Å². The molecular weight excluding hydrogens is 212 g/mol. The summed E-state index contributed by atoms with van der Waals surface area (Å²) in [6.45, 7) is 4.28. The first kappa shape index (κ1) is 11.5. The molecular formula is C14H24N2O. The third kappa shape index (κ3) is 2.10. The molecule has 0 aliphatic carbocycles. The number of rotatable bonds is 3. The molecule has 0 radical (unpaired) electrons. The van der Waals surface area contributed by atoms with E-state index in [1.54, 1.807) is 0 Å². The highest BCUT2D eigenvalue weighted by Gasteiger charge is 2.44. The highest BCUT2D eigenvalue weighted by Crippen LogP contribution is 2.35. The smallest absolute Gasteiger partial charge is 0.227 e. The van der Waals surface area contributed by atoms with Crippen LogP contribution in [0, 0.1) is 11.8 Å². The summed E-state index contributed by atoms with van der Waals surface area (Å²) in [5, 5.41) is 3.57. The van der Waals surface area contributed by atoms with Gasteiger partial charge in [0.05, 0.1) is 5.92 Å². The van der Waals surface area contributed by atoms with E-state index in [2.05, 4.69) is 17.1 Å². The van der Waals surface area contributed by atoms with E-state index >= 15 is 0 Å². The molecule has 3 fully saturated rings. The molecule has 3 rings (SSSR count). The van der Waals surface area contributed by atoms with E-state index in [-0.39, 0.29) is 0 Å². The van der Waals surface area contributed by atoms with Crippen molar-refractivity contribution in [2.75, 3.05) is 13.1 Å². The van der Waals surface area contributed by atoms with Crippen LogP contribution in [0.2, 0.25) is 0 Å². The molecule has 4 atom stereocenters. The molecule has 17 heavy (non-hydrogen) atoms. The third-order valence-corrected chi connectivity index (χ3v) is 4.91. The van der Waals surface area contributed by atoms with Crippen LogP contribution >= 0.6 is 0 Å². The molecule has 3 aliphatic heterocycles. The summed E-state index contributed by atoms with van der Waals surface area (Å²) >= 11 is 0. The van der Waals surface area contributed by atoms with Crippen molar-refractivity contribution >= 4 is 5.91 Å². The first-order chi connectivity index (χ1) is 8.28. The summed E-state index contributed by atoms with van der Waals surface area (Å²) in [4.78, 5) is 14.6. The Kier molecular flexibility index (Phi) is 3.12. The number of carbonyl (C=O) groups excluding carboxylic acids is 1. The van der Waals surface area contributed by atoms with Gasteiger partial charge >= 0.3 is 0 Å². The van der Waals surface area contributed by atoms with Gasteiger partial charge in [-0.15, -0.1) is 0 Å². The Bertz CT molecular complexity index is 305. The van der Waals surface area contributed by atoms with E-state index < -0.39 is 0 Å². The van der Waals surface area contributed by atoms with Crippen LogP contribution in [0.1, 0.15) is 45.4 Å². The standard InChI is InChI=1S/C14H24N2O/c1-2-3-10-6-7-16(9-10)14(17)12-8-11-4-5-13(12)15-11/h10-13,15H,2-9H2,1H3. The zero-order valence-corrected chi connectivity index (χ0v) is 10.8. The monoisotopic (exact) mass is 236 g/mol. The number of amides is 1. The minimum atomic E-state index is 0.300. The Morgan fingerprint density at radius 3 is 2.88 bits per heavy atom. The van der Waals surface area contributed by atoms with Gasteiger partial charge in [-0.2, -0.15) is 0 Å². The molecule has 3 aliphatic rings. The van der Waals surface area contributed by atoms with Crippen LogP contribution < -0.4 is 5.32 Å². The van der Waals surface area contributed by atoms with E-state index in [4.69, 9.17) is 0 Å². The molecule has 0 aromatic rings. The second-order valence-corrected chi connectivity index (χ2v) is 6.12. The van der Waals surface area contributed by atoms with Crippen LogP contribution in [-0.4, -0.2) is 36.0 Å². The van der Waals surface area contributed by atoms with E-state index in [0.29, 0.717) is 23.9 Å². The van der Waals surface area contributed by atoms with Gasteiger partial charge in [0.25, 0.3) is 0 Å². The summed E-state index contributed by atoms with van der Waals surface area (Å²) in [5.74, 6) is 1.52. The van der Waals surface area contributed by atoms with E-state index in [1.807, 2.05) is 0 Å². The van der Waals surface area contributed by atoms with Crippen LogP contribution in [-0.2, 0) is 4.79 Å². The fourth-order valence-electron chi connectivity index (χ4n) is 4.01. The topological polar surface area (TPSA) is 32.3 Å². The summed E-state index contributed by atoms with van der Waals surface area (Å²) in [6, 6.07) is 1.14. The summed E-state index contributed by atoms with van der Waals surface area (Å²) < 4.78 is 0. The lowest BCUT2D eigenvalue weighted by molar-refractivity contribution is -0.135. The third-order valence-electron chi connectivity index (χ3n) is 4.91. The molecule has 3 heteroatoms. The number of nitrogens with one attached hydrogen (secondary N) is 1. The Balaban J connectivity index is 1.57. The van der Waals surface area contributed by atoms with Crippen LogP contribution in [0.3, 0.4) is 0 Å². The van der Waals surface area contributed by atoms with Crippen molar-refractivity contribution in [3.05, 3.63) is 0 Å². The van der Waals surface area contributed by atoms with Crippen molar-refractivity contribution in [2.24, 2.45) is 11.8 Å². The van der Waals surface area contributed by atoms with Gasteiger partial charge in [0.15, 0.2) is 0 Å². The molecule has 96 valence electrons. The first-order valence-electron chi connectivity index (χ1n) is 7.32. The van der Waals surface area contributed by atoms with E-state index in [1.165, 1.54) is 32.1 Å². The Labute approximate surface area is 104 Å². The molecule has 4 unspecified atom stereocenters. The Morgan fingerprint density at radius 2 is 2.24 bits per heavy atom. The van der Waals surface area contributed by atoms with Crippen LogP contribution in [0.5, 0.6) is 0 Å². The number of hydrogen-bond acceptors (Lipinski definition) is 2. The zero-order valence-electron chi connectivity index (χ0n) is 10.8. The molecule has 3 saturated heterocycles. The molecule has 3 heterocycles. The number of nitrogens with zero attached hydrogens (tertiary/aromatic N) is 1. The SMILES string of the molecule is CCCC1CCN(C(=O)C2CC3CCC2N3)C1. The molecule has 0 aromatic carbocycles. The predicted octanol–water partition coefficient (Wildman–Crippen LogP) is 1.78. The van der Waals surface area contributed by atoms with Gasteiger partial charge in [-0.25, -0.2) is 0 Å². The van der Waals surface area contributed by atoms with Crippen LogP contribution in [0.25, 0.3) is 0 Å². The van der Waals surface area contributed by atoms with Crippen LogP contribution in [0.15, 0.2) is 0 Å². The van der Waals surface area contributed by atoms with Crippen molar-refractivity contribution < 1.29 is 4.79 Å². The van der Waals surface area contributed by atoms with Gasteiger partial charge in [-0.3, -0.25) is 4.79 Å². The zero-order chi connectivity index (χ0) is 11.8. The van der Waals surface area contributed by atoms with Crippen molar-refractivity contribution in [2.45, 2.75) is 57.5 Å². The van der Waals surface area contributed by atoms with E-state index in [9.17, 15) is 4.79 Å². The number of carbonyl (C=O) groups is 1. The lowest BCUT2D eigenvalue weighted by Gasteiger charge is -2.25. The Hall–Kier alpha value is -0.570. The summed E-state index contributed by atoms with van der Waals surface area (Å²) in [7, 11) is 0. The van der Waals surface area contributed by atoms with Crippen molar-refractivity contribution in [3.8, 4) is 0 Å². The van der Waals surface area contributed by atoms with Crippen molar-refractivity contribution in [1.29, 1.82) is 0 Å². The maximum atomic E-state index is 12.5. The second-order valence-electron chi connectivity index (χ2n) is 6.12. The largest absolute Gasteiger partial charge is 0.342 e. The fraction of sp³-hybridized carbons (Fsp3) is 0.929. The van der Waals surface area contributed by atoms with Gasteiger partial charge in [0.2, 0.25) is 5.91 Å². The van der Waals surface area contributed by atoms with Crippen LogP contribution in [0.4, 0.5) is 0 Å². The maximum Gasteiger partial charge on any atom is 0.227 e. The van der Waals surface area contributed by atoms with Gasteiger partial charge in [-0.1, -0.05) is 13.3 Å². The van der Waals surface area contributed by atoms with Gasteiger partial charge in [0, 0.05) is 25.2 Å². The summed E-state index contributed by atoms with van der Waals surface area (Å²) in [5.41, 5.74) is 0. The molecule has 3 nitrogen and oxygen atoms in total. The normalized spacial score (nSPS) is 40.2. The molecule has 0 saturated carbocycles. The quantitative estimate of drug-likeness (QED) is 0.810. The van der Waals surface area contributed by atoms with Crippen molar-refractivity contribution in [1.82, 2.24) is 10.2 Å². The minimum absolute atomic E-state index is 0.300. The maximum absolute atomic E-state index is 12.5. The first-order valence-corrected chi connectivity index (χ1v) is 7.32.